The first-order valence-corrected chi connectivity index (χ1v) is 7.78. The molecule has 1 heterocycles. The molecule has 2 atom stereocenters. The zero-order valence-corrected chi connectivity index (χ0v) is 13.9. The lowest BCUT2D eigenvalue weighted by Crippen LogP contribution is -2.51. The number of rotatable bonds is 8. The van der Waals surface area contributed by atoms with Crippen LogP contribution < -0.4 is 0 Å². The van der Waals surface area contributed by atoms with Gasteiger partial charge in [-0.1, -0.05) is 20.8 Å². The molecule has 1 aromatic heterocycles. The molecular weight excluding hydrogens is 250 g/mol. The summed E-state index contributed by atoms with van der Waals surface area (Å²) in [6, 6.07) is 2.50. The number of nitrogens with zero attached hydrogens (tertiary/aromatic N) is 3. The van der Waals surface area contributed by atoms with E-state index in [2.05, 4.69) is 37.7 Å². The Morgan fingerprint density at radius 1 is 1.30 bits per heavy atom. The topological polar surface area (TPSA) is 41.3 Å². The SMILES string of the molecule is CCC(CC)n1ccc(CC(O)C(C)(CC)N(C)C)n1. The fraction of sp³-hybridized carbons (Fsp3) is 0.812. The Morgan fingerprint density at radius 2 is 1.90 bits per heavy atom. The molecule has 4 nitrogen and oxygen atoms in total. The van der Waals surface area contributed by atoms with Gasteiger partial charge in [0.1, 0.15) is 0 Å². The van der Waals surface area contributed by atoms with Gasteiger partial charge in [0.25, 0.3) is 0 Å². The van der Waals surface area contributed by atoms with Crippen molar-refractivity contribution in [2.75, 3.05) is 14.1 Å². The molecule has 0 amide bonds. The van der Waals surface area contributed by atoms with Gasteiger partial charge in [-0.25, -0.2) is 0 Å². The van der Waals surface area contributed by atoms with E-state index >= 15 is 0 Å². The van der Waals surface area contributed by atoms with E-state index in [1.807, 2.05) is 31.0 Å². The molecule has 4 heteroatoms. The predicted octanol–water partition coefficient (Wildman–Crippen LogP) is 2.88. The van der Waals surface area contributed by atoms with Gasteiger partial charge in [-0.2, -0.15) is 5.10 Å². The summed E-state index contributed by atoms with van der Waals surface area (Å²) in [4.78, 5) is 2.11. The summed E-state index contributed by atoms with van der Waals surface area (Å²) >= 11 is 0. The van der Waals surface area contributed by atoms with Gasteiger partial charge in [-0.15, -0.1) is 0 Å². The Balaban J connectivity index is 2.78. The van der Waals surface area contributed by atoms with Gasteiger partial charge in [0.05, 0.1) is 17.8 Å². The minimum absolute atomic E-state index is 0.210. The van der Waals surface area contributed by atoms with Crippen molar-refractivity contribution in [1.29, 1.82) is 0 Å². The van der Waals surface area contributed by atoms with Crippen LogP contribution in [-0.4, -0.2) is 45.5 Å². The average Bonchev–Trinajstić information content (AvgIpc) is 2.87. The monoisotopic (exact) mass is 281 g/mol. The highest BCUT2D eigenvalue weighted by Crippen LogP contribution is 2.24. The fourth-order valence-electron chi connectivity index (χ4n) is 2.62. The Morgan fingerprint density at radius 3 is 2.35 bits per heavy atom. The van der Waals surface area contributed by atoms with Gasteiger partial charge >= 0.3 is 0 Å². The zero-order chi connectivity index (χ0) is 15.3. The summed E-state index contributed by atoms with van der Waals surface area (Å²) in [7, 11) is 4.05. The molecule has 0 spiro atoms. The van der Waals surface area contributed by atoms with Gasteiger partial charge in [0.2, 0.25) is 0 Å². The van der Waals surface area contributed by atoms with Crippen LogP contribution in [0.2, 0.25) is 0 Å². The minimum Gasteiger partial charge on any atom is -0.391 e. The molecule has 0 aliphatic carbocycles. The molecule has 0 fully saturated rings. The molecule has 20 heavy (non-hydrogen) atoms. The van der Waals surface area contributed by atoms with Crippen molar-refractivity contribution in [3.8, 4) is 0 Å². The lowest BCUT2D eigenvalue weighted by molar-refractivity contribution is 0.00237. The second-order valence-electron chi connectivity index (χ2n) is 6.08. The van der Waals surface area contributed by atoms with Gasteiger partial charge in [-0.05, 0) is 46.3 Å². The average molecular weight is 281 g/mol. The molecule has 1 N–H and O–H groups in total. The van der Waals surface area contributed by atoms with Crippen molar-refractivity contribution in [2.45, 2.75) is 71.1 Å². The van der Waals surface area contributed by atoms with Crippen molar-refractivity contribution >= 4 is 0 Å². The first-order chi connectivity index (χ1) is 9.38. The Kier molecular flexibility index (Phi) is 6.21. The summed E-state index contributed by atoms with van der Waals surface area (Å²) in [6.07, 6.45) is 5.32. The van der Waals surface area contributed by atoms with E-state index in [1.54, 1.807) is 0 Å². The molecule has 2 unspecified atom stereocenters. The molecule has 0 radical (unpaired) electrons. The van der Waals surface area contributed by atoms with Gasteiger partial charge in [0, 0.05) is 18.2 Å². The zero-order valence-electron chi connectivity index (χ0n) is 13.9. The Bertz CT molecular complexity index is 398. The summed E-state index contributed by atoms with van der Waals surface area (Å²) in [5, 5.41) is 15.2. The van der Waals surface area contributed by atoms with Crippen molar-refractivity contribution in [1.82, 2.24) is 14.7 Å². The first-order valence-electron chi connectivity index (χ1n) is 7.78. The van der Waals surface area contributed by atoms with E-state index in [-0.39, 0.29) is 5.54 Å². The molecule has 0 saturated heterocycles. The maximum absolute atomic E-state index is 10.6. The summed E-state index contributed by atoms with van der Waals surface area (Å²) in [5.74, 6) is 0. The van der Waals surface area contributed by atoms with E-state index in [1.165, 1.54) is 0 Å². The normalized spacial score (nSPS) is 16.6. The van der Waals surface area contributed by atoms with Gasteiger partial charge < -0.3 is 10.0 Å². The summed E-state index contributed by atoms with van der Waals surface area (Å²) < 4.78 is 2.04. The van der Waals surface area contributed by atoms with Crippen LogP contribution in [0.15, 0.2) is 12.3 Å². The van der Waals surface area contributed by atoms with E-state index in [0.29, 0.717) is 12.5 Å². The predicted molar refractivity (Wildman–Crippen MR) is 83.9 cm³/mol. The number of hydrogen-bond donors (Lipinski definition) is 1. The molecule has 0 saturated carbocycles. The van der Waals surface area contributed by atoms with Crippen molar-refractivity contribution < 1.29 is 5.11 Å². The second-order valence-corrected chi connectivity index (χ2v) is 6.08. The lowest BCUT2D eigenvalue weighted by atomic mass is 9.87. The van der Waals surface area contributed by atoms with Gasteiger partial charge in [-0.3, -0.25) is 4.68 Å². The lowest BCUT2D eigenvalue weighted by Gasteiger charge is -2.39. The van der Waals surface area contributed by atoms with E-state index in [9.17, 15) is 5.11 Å². The highest BCUT2D eigenvalue weighted by molar-refractivity contribution is 5.05. The third-order valence-electron chi connectivity index (χ3n) is 4.84. The van der Waals surface area contributed by atoms with Crippen LogP contribution in [0.4, 0.5) is 0 Å². The van der Waals surface area contributed by atoms with Crippen molar-refractivity contribution in [2.24, 2.45) is 0 Å². The molecule has 116 valence electrons. The number of aliphatic hydroxyl groups is 1. The number of aromatic nitrogens is 2. The van der Waals surface area contributed by atoms with Crippen molar-refractivity contribution in [3.63, 3.8) is 0 Å². The van der Waals surface area contributed by atoms with E-state index in [4.69, 9.17) is 0 Å². The number of likely N-dealkylation sites (N-methyl/N-ethyl adjacent to an activating group) is 1. The summed E-state index contributed by atoms with van der Waals surface area (Å²) in [5.41, 5.74) is 0.768. The quantitative estimate of drug-likeness (QED) is 0.796. The molecular formula is C16H31N3O. The fourth-order valence-corrected chi connectivity index (χ4v) is 2.62. The van der Waals surface area contributed by atoms with Crippen LogP contribution in [0.5, 0.6) is 0 Å². The second kappa shape index (κ2) is 7.23. The number of hydrogen-bond acceptors (Lipinski definition) is 3. The van der Waals surface area contributed by atoms with Crippen LogP contribution in [0.1, 0.15) is 58.7 Å². The van der Waals surface area contributed by atoms with Crippen LogP contribution in [-0.2, 0) is 6.42 Å². The van der Waals surface area contributed by atoms with Crippen LogP contribution in [0, 0.1) is 0 Å². The molecule has 1 rings (SSSR count). The largest absolute Gasteiger partial charge is 0.391 e. The minimum atomic E-state index is -0.410. The standard InChI is InChI=1S/C16H31N3O/c1-7-14(8-2)19-11-10-13(17-19)12-15(20)16(4,9-3)18(5)6/h10-11,14-15,20H,7-9,12H2,1-6H3. The van der Waals surface area contributed by atoms with Crippen LogP contribution in [0.3, 0.4) is 0 Å². The molecule has 1 aromatic rings. The van der Waals surface area contributed by atoms with Gasteiger partial charge in [0.15, 0.2) is 0 Å². The summed E-state index contributed by atoms with van der Waals surface area (Å²) in [6.45, 7) is 8.59. The third kappa shape index (κ3) is 3.61. The molecule has 0 aliphatic rings. The Hall–Kier alpha value is -0.870. The van der Waals surface area contributed by atoms with E-state index in [0.717, 1.165) is 25.0 Å². The molecule has 0 aromatic carbocycles. The maximum atomic E-state index is 10.6. The maximum Gasteiger partial charge on any atom is 0.0776 e. The van der Waals surface area contributed by atoms with Crippen LogP contribution >= 0.6 is 0 Å². The highest BCUT2D eigenvalue weighted by atomic mass is 16.3. The van der Waals surface area contributed by atoms with Crippen molar-refractivity contribution in [3.05, 3.63) is 18.0 Å². The highest BCUT2D eigenvalue weighted by Gasteiger charge is 2.33. The van der Waals surface area contributed by atoms with Crippen LogP contribution in [0.25, 0.3) is 0 Å². The number of aliphatic hydroxyl groups excluding tert-OH is 1. The smallest absolute Gasteiger partial charge is 0.0776 e. The molecule has 0 aliphatic heterocycles. The Labute approximate surface area is 123 Å². The first kappa shape index (κ1) is 17.2. The van der Waals surface area contributed by atoms with E-state index < -0.39 is 6.10 Å². The molecule has 0 bridgehead atoms. The third-order valence-corrected chi connectivity index (χ3v) is 4.84.